The Kier molecular flexibility index (Phi) is 3.94. The molecule has 0 saturated carbocycles. The number of hydrogen-bond acceptors (Lipinski definition) is 4. The molecule has 0 aromatic carbocycles. The maximum atomic E-state index is 4.53. The van der Waals surface area contributed by atoms with Crippen molar-refractivity contribution in [2.75, 3.05) is 18.4 Å². The highest BCUT2D eigenvalue weighted by atomic mass is 15.1. The molecule has 94 valence electrons. The summed E-state index contributed by atoms with van der Waals surface area (Å²) in [7, 11) is 0. The third kappa shape index (κ3) is 2.94. The van der Waals surface area contributed by atoms with Gasteiger partial charge >= 0.3 is 0 Å². The van der Waals surface area contributed by atoms with E-state index in [-0.39, 0.29) is 0 Å². The molecular weight excluding hydrogens is 212 g/mol. The Morgan fingerprint density at radius 3 is 2.59 bits per heavy atom. The fraction of sp³-hybridized carbons (Fsp3) is 0.692. The van der Waals surface area contributed by atoms with Crippen molar-refractivity contribution in [2.45, 2.75) is 46.1 Å². The molecule has 0 amide bonds. The Hall–Kier alpha value is -1.16. The third-order valence-electron chi connectivity index (χ3n) is 3.37. The van der Waals surface area contributed by atoms with E-state index in [1.54, 1.807) is 0 Å². The number of hydrogen-bond donors (Lipinski definition) is 2. The maximum Gasteiger partial charge on any atom is 0.133 e. The molecule has 2 N–H and O–H groups in total. The van der Waals surface area contributed by atoms with Gasteiger partial charge in [-0.05, 0) is 46.2 Å². The maximum absolute atomic E-state index is 4.53. The van der Waals surface area contributed by atoms with Crippen molar-refractivity contribution in [3.05, 3.63) is 17.1 Å². The van der Waals surface area contributed by atoms with E-state index in [2.05, 4.69) is 34.4 Å². The second-order valence-electron chi connectivity index (χ2n) is 4.71. The lowest BCUT2D eigenvalue weighted by molar-refractivity contribution is 0.478. The molecule has 4 heteroatoms. The van der Waals surface area contributed by atoms with Gasteiger partial charge in [0, 0.05) is 17.3 Å². The first-order chi connectivity index (χ1) is 8.20. The molecule has 1 saturated heterocycles. The molecule has 1 aliphatic rings. The van der Waals surface area contributed by atoms with Crippen LogP contribution in [0.4, 0.5) is 5.82 Å². The fourth-order valence-corrected chi connectivity index (χ4v) is 2.33. The van der Waals surface area contributed by atoms with Crippen molar-refractivity contribution < 1.29 is 0 Å². The highest BCUT2D eigenvalue weighted by Crippen LogP contribution is 2.18. The summed E-state index contributed by atoms with van der Waals surface area (Å²) in [5.74, 6) is 1.89. The van der Waals surface area contributed by atoms with Crippen LogP contribution in [0, 0.1) is 13.8 Å². The van der Waals surface area contributed by atoms with Crippen LogP contribution < -0.4 is 10.6 Å². The van der Waals surface area contributed by atoms with Gasteiger partial charge in [-0.25, -0.2) is 9.97 Å². The van der Waals surface area contributed by atoms with E-state index >= 15 is 0 Å². The number of aromatic nitrogens is 2. The molecule has 0 atom stereocenters. The van der Waals surface area contributed by atoms with E-state index in [9.17, 15) is 0 Å². The molecule has 1 aromatic rings. The van der Waals surface area contributed by atoms with Crippen LogP contribution in [0.15, 0.2) is 0 Å². The zero-order valence-electron chi connectivity index (χ0n) is 11.0. The van der Waals surface area contributed by atoms with Crippen LogP contribution in [0.5, 0.6) is 0 Å². The predicted molar refractivity (Wildman–Crippen MR) is 70.4 cm³/mol. The van der Waals surface area contributed by atoms with Crippen molar-refractivity contribution in [1.82, 2.24) is 15.3 Å². The van der Waals surface area contributed by atoms with Gasteiger partial charge in [0.1, 0.15) is 11.6 Å². The predicted octanol–water partition coefficient (Wildman–Crippen LogP) is 1.82. The zero-order chi connectivity index (χ0) is 12.3. The summed E-state index contributed by atoms with van der Waals surface area (Å²) in [6, 6.07) is 0.550. The highest BCUT2D eigenvalue weighted by Gasteiger charge is 2.15. The second kappa shape index (κ2) is 5.45. The van der Waals surface area contributed by atoms with Crippen molar-refractivity contribution in [3.63, 3.8) is 0 Å². The first-order valence-corrected chi connectivity index (χ1v) is 6.52. The molecule has 1 aromatic heterocycles. The Bertz CT molecular complexity index is 383. The second-order valence-corrected chi connectivity index (χ2v) is 4.71. The topological polar surface area (TPSA) is 49.8 Å². The van der Waals surface area contributed by atoms with Crippen LogP contribution >= 0.6 is 0 Å². The Morgan fingerprint density at radius 2 is 1.94 bits per heavy atom. The van der Waals surface area contributed by atoms with Gasteiger partial charge in [0.2, 0.25) is 0 Å². The number of nitrogens with zero attached hydrogens (tertiary/aromatic N) is 2. The van der Waals surface area contributed by atoms with Crippen molar-refractivity contribution >= 4 is 5.82 Å². The minimum absolute atomic E-state index is 0.550. The van der Waals surface area contributed by atoms with Gasteiger partial charge in [-0.3, -0.25) is 0 Å². The van der Waals surface area contributed by atoms with Gasteiger partial charge in [-0.1, -0.05) is 6.92 Å². The summed E-state index contributed by atoms with van der Waals surface area (Å²) in [6.45, 7) is 8.42. The summed E-state index contributed by atoms with van der Waals surface area (Å²) in [5.41, 5.74) is 2.37. The van der Waals surface area contributed by atoms with Crippen LogP contribution in [0.2, 0.25) is 0 Å². The lowest BCUT2D eigenvalue weighted by atomic mass is 10.1. The summed E-state index contributed by atoms with van der Waals surface area (Å²) < 4.78 is 0. The SMILES string of the molecule is CCc1nc(C)nc(NC2CCNCC2)c1C. The number of rotatable bonds is 3. The monoisotopic (exact) mass is 234 g/mol. The van der Waals surface area contributed by atoms with Crippen LogP contribution in [-0.4, -0.2) is 29.1 Å². The molecule has 2 heterocycles. The molecule has 0 spiro atoms. The first kappa shape index (κ1) is 12.3. The van der Waals surface area contributed by atoms with Crippen molar-refractivity contribution in [3.8, 4) is 0 Å². The summed E-state index contributed by atoms with van der Waals surface area (Å²) >= 11 is 0. The Balaban J connectivity index is 2.16. The average Bonchev–Trinajstić information content (AvgIpc) is 2.34. The molecule has 4 nitrogen and oxygen atoms in total. The Labute approximate surface area is 103 Å². The van der Waals surface area contributed by atoms with Crippen LogP contribution in [0.1, 0.15) is 36.8 Å². The lowest BCUT2D eigenvalue weighted by Crippen LogP contribution is -2.35. The molecule has 1 fully saturated rings. The van der Waals surface area contributed by atoms with Crippen LogP contribution in [0.3, 0.4) is 0 Å². The minimum Gasteiger partial charge on any atom is -0.367 e. The summed E-state index contributed by atoms with van der Waals surface area (Å²) in [4.78, 5) is 9.01. The van der Waals surface area contributed by atoms with Crippen LogP contribution in [0.25, 0.3) is 0 Å². The van der Waals surface area contributed by atoms with E-state index in [0.717, 1.165) is 36.8 Å². The lowest BCUT2D eigenvalue weighted by Gasteiger charge is -2.25. The van der Waals surface area contributed by atoms with Gasteiger partial charge in [-0.15, -0.1) is 0 Å². The number of anilines is 1. The van der Waals surface area contributed by atoms with E-state index < -0.39 is 0 Å². The molecule has 0 bridgehead atoms. The third-order valence-corrected chi connectivity index (χ3v) is 3.37. The van der Waals surface area contributed by atoms with Gasteiger partial charge in [0.15, 0.2) is 0 Å². The van der Waals surface area contributed by atoms with E-state index in [1.807, 2.05) is 6.92 Å². The normalized spacial score (nSPS) is 17.1. The van der Waals surface area contributed by atoms with Gasteiger partial charge < -0.3 is 10.6 Å². The number of piperidine rings is 1. The van der Waals surface area contributed by atoms with E-state index in [0.29, 0.717) is 6.04 Å². The molecular formula is C13H22N4. The summed E-state index contributed by atoms with van der Waals surface area (Å²) in [6.07, 6.45) is 3.31. The zero-order valence-corrected chi connectivity index (χ0v) is 11.0. The standard InChI is InChI=1S/C13H22N4/c1-4-12-9(2)13(16-10(3)15-12)17-11-5-7-14-8-6-11/h11,14H,4-8H2,1-3H3,(H,15,16,17). The fourth-order valence-electron chi connectivity index (χ4n) is 2.33. The number of aryl methyl sites for hydroxylation is 2. The molecule has 0 unspecified atom stereocenters. The number of nitrogens with one attached hydrogen (secondary N) is 2. The molecule has 17 heavy (non-hydrogen) atoms. The average molecular weight is 234 g/mol. The minimum atomic E-state index is 0.550. The van der Waals surface area contributed by atoms with Crippen molar-refractivity contribution in [1.29, 1.82) is 0 Å². The Morgan fingerprint density at radius 1 is 1.24 bits per heavy atom. The van der Waals surface area contributed by atoms with E-state index in [4.69, 9.17) is 0 Å². The largest absolute Gasteiger partial charge is 0.367 e. The molecule has 1 aliphatic heterocycles. The van der Waals surface area contributed by atoms with Gasteiger partial charge in [0.25, 0.3) is 0 Å². The molecule has 0 aliphatic carbocycles. The first-order valence-electron chi connectivity index (χ1n) is 6.52. The van der Waals surface area contributed by atoms with E-state index in [1.165, 1.54) is 18.4 Å². The smallest absolute Gasteiger partial charge is 0.133 e. The molecule has 0 radical (unpaired) electrons. The molecule has 2 rings (SSSR count). The van der Waals surface area contributed by atoms with Crippen molar-refractivity contribution in [2.24, 2.45) is 0 Å². The summed E-state index contributed by atoms with van der Waals surface area (Å²) in [5, 5.41) is 6.95. The van der Waals surface area contributed by atoms with Crippen LogP contribution in [-0.2, 0) is 6.42 Å². The quantitative estimate of drug-likeness (QED) is 0.837. The highest BCUT2D eigenvalue weighted by molar-refractivity contribution is 5.46. The van der Waals surface area contributed by atoms with Gasteiger partial charge in [0.05, 0.1) is 0 Å². The van der Waals surface area contributed by atoms with Gasteiger partial charge in [-0.2, -0.15) is 0 Å².